The Labute approximate surface area is 134 Å². The fourth-order valence-electron chi connectivity index (χ4n) is 3.36. The Kier molecular flexibility index (Phi) is 4.61. The largest absolute Gasteiger partial charge is 0.336 e. The van der Waals surface area contributed by atoms with Crippen molar-refractivity contribution < 1.29 is 4.79 Å². The van der Waals surface area contributed by atoms with Gasteiger partial charge in [-0.25, -0.2) is 0 Å². The van der Waals surface area contributed by atoms with Gasteiger partial charge in [0.2, 0.25) is 0 Å². The fourth-order valence-corrected chi connectivity index (χ4v) is 3.98. The summed E-state index contributed by atoms with van der Waals surface area (Å²) < 4.78 is 1.05. The van der Waals surface area contributed by atoms with Crippen LogP contribution in [-0.4, -0.2) is 47.9 Å². The quantitative estimate of drug-likeness (QED) is 0.732. The molecule has 3 rings (SSSR count). The molecular formula is C16H21IN2O. The van der Waals surface area contributed by atoms with E-state index in [1.54, 1.807) is 0 Å². The number of hydrogen-bond donors (Lipinski definition) is 0. The molecule has 4 heteroatoms. The lowest BCUT2D eigenvalue weighted by molar-refractivity contribution is 0.0572. The second kappa shape index (κ2) is 6.43. The summed E-state index contributed by atoms with van der Waals surface area (Å²) in [4.78, 5) is 17.2. The average Bonchev–Trinajstić information content (AvgIpc) is 3.01. The third-order valence-corrected chi connectivity index (χ3v) is 5.49. The first-order valence-corrected chi connectivity index (χ1v) is 8.61. The van der Waals surface area contributed by atoms with E-state index in [4.69, 9.17) is 0 Å². The molecule has 1 aromatic rings. The zero-order chi connectivity index (χ0) is 13.9. The van der Waals surface area contributed by atoms with Gasteiger partial charge in [0, 0.05) is 35.8 Å². The van der Waals surface area contributed by atoms with Gasteiger partial charge in [-0.05, 0) is 47.6 Å². The number of halogens is 1. The highest BCUT2D eigenvalue weighted by Gasteiger charge is 2.28. The first kappa shape index (κ1) is 14.3. The maximum absolute atomic E-state index is 12.6. The predicted molar refractivity (Wildman–Crippen MR) is 88.9 cm³/mol. The van der Waals surface area contributed by atoms with Gasteiger partial charge >= 0.3 is 0 Å². The number of nitrogens with zero attached hydrogens (tertiary/aromatic N) is 2. The molecule has 0 N–H and O–H groups in total. The molecule has 1 amide bonds. The number of hydrogen-bond acceptors (Lipinski definition) is 2. The van der Waals surface area contributed by atoms with Crippen molar-refractivity contribution in [3.8, 4) is 0 Å². The van der Waals surface area contributed by atoms with Gasteiger partial charge in [-0.2, -0.15) is 0 Å². The first-order valence-electron chi connectivity index (χ1n) is 7.53. The van der Waals surface area contributed by atoms with E-state index >= 15 is 0 Å². The van der Waals surface area contributed by atoms with E-state index in [1.807, 2.05) is 29.2 Å². The molecule has 1 aliphatic heterocycles. The topological polar surface area (TPSA) is 23.6 Å². The van der Waals surface area contributed by atoms with Crippen LogP contribution in [0.4, 0.5) is 0 Å². The smallest absolute Gasteiger partial charge is 0.255 e. The summed E-state index contributed by atoms with van der Waals surface area (Å²) in [5.74, 6) is 0.195. The minimum Gasteiger partial charge on any atom is -0.336 e. The zero-order valence-corrected chi connectivity index (χ0v) is 13.9. The molecule has 108 valence electrons. The number of amides is 1. The zero-order valence-electron chi connectivity index (χ0n) is 11.7. The Morgan fingerprint density at radius 2 is 1.70 bits per heavy atom. The molecule has 0 unspecified atom stereocenters. The van der Waals surface area contributed by atoms with Crippen LogP contribution in [0.5, 0.6) is 0 Å². The summed E-state index contributed by atoms with van der Waals surface area (Å²) in [6.07, 6.45) is 5.47. The molecule has 1 saturated heterocycles. The lowest BCUT2D eigenvalue weighted by Crippen LogP contribution is -2.51. The fraction of sp³-hybridized carbons (Fsp3) is 0.562. The molecule has 0 spiro atoms. The summed E-state index contributed by atoms with van der Waals surface area (Å²) in [6, 6.07) is 8.65. The van der Waals surface area contributed by atoms with Crippen LogP contribution in [0.1, 0.15) is 36.0 Å². The van der Waals surface area contributed by atoms with E-state index in [0.29, 0.717) is 0 Å². The van der Waals surface area contributed by atoms with Crippen molar-refractivity contribution in [2.24, 2.45) is 0 Å². The molecule has 1 heterocycles. The van der Waals surface area contributed by atoms with E-state index in [2.05, 4.69) is 27.5 Å². The van der Waals surface area contributed by atoms with Crippen molar-refractivity contribution in [2.75, 3.05) is 26.2 Å². The highest BCUT2D eigenvalue weighted by molar-refractivity contribution is 14.1. The Balaban J connectivity index is 1.60. The molecular weight excluding hydrogens is 363 g/mol. The average molecular weight is 384 g/mol. The van der Waals surface area contributed by atoms with E-state index < -0.39 is 0 Å². The van der Waals surface area contributed by atoms with Crippen LogP contribution >= 0.6 is 22.6 Å². The van der Waals surface area contributed by atoms with Gasteiger partial charge in [-0.15, -0.1) is 0 Å². The summed E-state index contributed by atoms with van der Waals surface area (Å²) in [5, 5.41) is 0. The highest BCUT2D eigenvalue weighted by atomic mass is 127. The van der Waals surface area contributed by atoms with Crippen molar-refractivity contribution in [1.82, 2.24) is 9.80 Å². The molecule has 0 bridgehead atoms. The second-order valence-electron chi connectivity index (χ2n) is 5.75. The molecule has 1 aromatic carbocycles. The van der Waals surface area contributed by atoms with Crippen LogP contribution in [-0.2, 0) is 0 Å². The summed E-state index contributed by atoms with van der Waals surface area (Å²) in [5.41, 5.74) is 0.849. The maximum atomic E-state index is 12.6. The van der Waals surface area contributed by atoms with Gasteiger partial charge < -0.3 is 4.90 Å². The Morgan fingerprint density at radius 3 is 2.35 bits per heavy atom. The normalized spacial score (nSPS) is 21.4. The number of carbonyl (C=O) groups is 1. The summed E-state index contributed by atoms with van der Waals surface area (Å²) in [6.45, 7) is 3.83. The third kappa shape index (κ3) is 3.01. The predicted octanol–water partition coefficient (Wildman–Crippen LogP) is 2.99. The van der Waals surface area contributed by atoms with Crippen molar-refractivity contribution in [2.45, 2.75) is 31.7 Å². The Hall–Kier alpha value is -0.620. The summed E-state index contributed by atoms with van der Waals surface area (Å²) >= 11 is 2.25. The lowest BCUT2D eigenvalue weighted by Gasteiger charge is -2.38. The van der Waals surface area contributed by atoms with Crippen LogP contribution in [0.25, 0.3) is 0 Å². The molecule has 2 aliphatic rings. The third-order valence-electron chi connectivity index (χ3n) is 4.55. The van der Waals surface area contributed by atoms with E-state index in [1.165, 1.54) is 25.7 Å². The number of rotatable bonds is 2. The van der Waals surface area contributed by atoms with E-state index in [9.17, 15) is 4.79 Å². The van der Waals surface area contributed by atoms with Gasteiger partial charge in [-0.1, -0.05) is 25.0 Å². The molecule has 2 fully saturated rings. The second-order valence-corrected chi connectivity index (χ2v) is 6.91. The molecule has 1 saturated carbocycles. The van der Waals surface area contributed by atoms with E-state index in [0.717, 1.165) is 41.4 Å². The van der Waals surface area contributed by atoms with Crippen molar-refractivity contribution in [1.29, 1.82) is 0 Å². The summed E-state index contributed by atoms with van der Waals surface area (Å²) in [7, 11) is 0. The van der Waals surface area contributed by atoms with Crippen molar-refractivity contribution in [3.05, 3.63) is 33.4 Å². The molecule has 3 nitrogen and oxygen atoms in total. The first-order chi connectivity index (χ1) is 9.75. The van der Waals surface area contributed by atoms with Gasteiger partial charge in [0.25, 0.3) is 5.91 Å². The lowest BCUT2D eigenvalue weighted by atomic mass is 10.1. The molecule has 0 atom stereocenters. The van der Waals surface area contributed by atoms with Crippen LogP contribution in [0.15, 0.2) is 24.3 Å². The Bertz CT molecular complexity index is 477. The standard InChI is InChI=1S/C16H21IN2O/c17-15-8-4-3-7-14(15)16(20)19-11-9-18(10-12-19)13-5-1-2-6-13/h3-4,7-8,13H,1-2,5-6,9-12H2. The van der Waals surface area contributed by atoms with Crippen LogP contribution in [0.2, 0.25) is 0 Å². The highest BCUT2D eigenvalue weighted by Crippen LogP contribution is 2.24. The van der Waals surface area contributed by atoms with Crippen molar-refractivity contribution in [3.63, 3.8) is 0 Å². The van der Waals surface area contributed by atoms with Gasteiger partial charge in [-0.3, -0.25) is 9.69 Å². The van der Waals surface area contributed by atoms with Gasteiger partial charge in [0.05, 0.1) is 5.56 Å². The maximum Gasteiger partial charge on any atom is 0.255 e. The van der Waals surface area contributed by atoms with Gasteiger partial charge in [0.15, 0.2) is 0 Å². The van der Waals surface area contributed by atoms with Crippen molar-refractivity contribution >= 4 is 28.5 Å². The molecule has 0 aromatic heterocycles. The minimum absolute atomic E-state index is 0.195. The number of carbonyl (C=O) groups excluding carboxylic acids is 1. The number of benzene rings is 1. The SMILES string of the molecule is O=C(c1ccccc1I)N1CCN(C2CCCC2)CC1. The molecule has 0 radical (unpaired) electrons. The van der Waals surface area contributed by atoms with E-state index in [-0.39, 0.29) is 5.91 Å². The Morgan fingerprint density at radius 1 is 1.05 bits per heavy atom. The van der Waals surface area contributed by atoms with Crippen LogP contribution < -0.4 is 0 Å². The molecule has 20 heavy (non-hydrogen) atoms. The number of piperazine rings is 1. The minimum atomic E-state index is 0.195. The monoisotopic (exact) mass is 384 g/mol. The van der Waals surface area contributed by atoms with Crippen LogP contribution in [0, 0.1) is 3.57 Å². The van der Waals surface area contributed by atoms with Gasteiger partial charge in [0.1, 0.15) is 0 Å². The van der Waals surface area contributed by atoms with Crippen LogP contribution in [0.3, 0.4) is 0 Å². The molecule has 1 aliphatic carbocycles.